The number of H-pyrrole nitrogens is 1. The van der Waals surface area contributed by atoms with Crippen molar-refractivity contribution in [2.24, 2.45) is 12.8 Å². The van der Waals surface area contributed by atoms with Crippen LogP contribution in [0.25, 0.3) is 0 Å². The third kappa shape index (κ3) is 3.43. The van der Waals surface area contributed by atoms with Gasteiger partial charge in [0.1, 0.15) is 0 Å². The Morgan fingerprint density at radius 2 is 2.00 bits per heavy atom. The van der Waals surface area contributed by atoms with Gasteiger partial charge in [-0.05, 0) is 25.0 Å². The number of aromatic amines is 1. The number of aromatic nitrogens is 3. The standard InChI is InChI=1S/C14H18N4O2S/c1-8-6-4-5-7-10(8)11(9(2)15)21-14-16-12(19)13(20)17-18(14)3/h4-7,9,11H,15H2,1-3H3,(H,17,20). The number of hydrogen-bond donors (Lipinski definition) is 2. The van der Waals surface area contributed by atoms with E-state index in [0.717, 1.165) is 11.1 Å². The molecule has 1 aromatic carbocycles. The van der Waals surface area contributed by atoms with E-state index in [1.54, 1.807) is 7.05 Å². The zero-order valence-corrected chi connectivity index (χ0v) is 13.0. The number of aryl methyl sites for hydroxylation is 2. The number of rotatable bonds is 4. The molecule has 0 bridgehead atoms. The third-order valence-corrected chi connectivity index (χ3v) is 4.67. The molecule has 2 aromatic rings. The highest BCUT2D eigenvalue weighted by molar-refractivity contribution is 7.99. The van der Waals surface area contributed by atoms with Crippen LogP contribution in [0.4, 0.5) is 0 Å². The highest BCUT2D eigenvalue weighted by Gasteiger charge is 2.21. The van der Waals surface area contributed by atoms with Gasteiger partial charge < -0.3 is 5.73 Å². The zero-order valence-electron chi connectivity index (χ0n) is 12.2. The third-order valence-electron chi connectivity index (χ3n) is 3.15. The Labute approximate surface area is 126 Å². The van der Waals surface area contributed by atoms with Gasteiger partial charge in [-0.1, -0.05) is 36.0 Å². The van der Waals surface area contributed by atoms with Crippen LogP contribution in [0.3, 0.4) is 0 Å². The van der Waals surface area contributed by atoms with Crippen LogP contribution >= 0.6 is 11.8 Å². The van der Waals surface area contributed by atoms with Crippen LogP contribution < -0.4 is 16.9 Å². The molecule has 0 saturated carbocycles. The number of nitrogens with one attached hydrogen (secondary N) is 1. The van der Waals surface area contributed by atoms with Crippen LogP contribution in [-0.2, 0) is 7.05 Å². The van der Waals surface area contributed by atoms with Gasteiger partial charge in [-0.3, -0.25) is 19.4 Å². The Morgan fingerprint density at radius 3 is 2.62 bits per heavy atom. The van der Waals surface area contributed by atoms with Gasteiger partial charge in [0.15, 0.2) is 5.16 Å². The average Bonchev–Trinajstić information content (AvgIpc) is 2.42. The lowest BCUT2D eigenvalue weighted by Gasteiger charge is -2.22. The fourth-order valence-corrected chi connectivity index (χ4v) is 3.21. The van der Waals surface area contributed by atoms with Crippen LogP contribution in [0.5, 0.6) is 0 Å². The van der Waals surface area contributed by atoms with Crippen LogP contribution in [0.15, 0.2) is 39.0 Å². The van der Waals surface area contributed by atoms with Crippen molar-refractivity contribution < 1.29 is 0 Å². The Hall–Kier alpha value is -1.86. The maximum atomic E-state index is 11.4. The first-order valence-corrected chi connectivity index (χ1v) is 7.43. The van der Waals surface area contributed by atoms with Crippen LogP contribution in [0, 0.1) is 6.92 Å². The molecule has 0 saturated heterocycles. The van der Waals surface area contributed by atoms with E-state index in [1.165, 1.54) is 16.4 Å². The molecule has 0 fully saturated rings. The molecular weight excluding hydrogens is 288 g/mol. The summed E-state index contributed by atoms with van der Waals surface area (Å²) in [7, 11) is 1.65. The van der Waals surface area contributed by atoms with E-state index in [9.17, 15) is 9.59 Å². The van der Waals surface area contributed by atoms with Crippen LogP contribution in [0.2, 0.25) is 0 Å². The predicted octanol–water partition coefficient (Wildman–Crippen LogP) is 0.958. The summed E-state index contributed by atoms with van der Waals surface area (Å²) in [5, 5.41) is 2.82. The highest BCUT2D eigenvalue weighted by Crippen LogP contribution is 2.36. The van der Waals surface area contributed by atoms with E-state index in [-0.39, 0.29) is 11.3 Å². The molecule has 3 N–H and O–H groups in total. The van der Waals surface area contributed by atoms with E-state index < -0.39 is 11.1 Å². The zero-order chi connectivity index (χ0) is 15.6. The second kappa shape index (κ2) is 6.28. The number of nitrogens with two attached hydrogens (primary N) is 1. The molecule has 112 valence electrons. The lowest BCUT2D eigenvalue weighted by Crippen LogP contribution is -2.34. The van der Waals surface area contributed by atoms with Gasteiger partial charge in [0.25, 0.3) is 0 Å². The second-order valence-electron chi connectivity index (χ2n) is 4.95. The van der Waals surface area contributed by atoms with E-state index in [4.69, 9.17) is 5.73 Å². The summed E-state index contributed by atoms with van der Waals surface area (Å²) in [5.41, 5.74) is 6.80. The normalized spacial score (nSPS) is 13.9. The molecule has 0 aliphatic heterocycles. The van der Waals surface area contributed by atoms with E-state index in [0.29, 0.717) is 5.16 Å². The number of benzene rings is 1. The SMILES string of the molecule is Cc1ccccc1C(Sc1nc(=O)c(=O)[nH]n1C)C(C)N. The minimum absolute atomic E-state index is 0.0600. The molecule has 0 aliphatic carbocycles. The summed E-state index contributed by atoms with van der Waals surface area (Å²) in [6.07, 6.45) is 0. The maximum Gasteiger partial charge on any atom is 0.339 e. The largest absolute Gasteiger partial charge is 0.339 e. The Morgan fingerprint density at radius 1 is 1.33 bits per heavy atom. The minimum Gasteiger partial charge on any atom is -0.327 e. The molecule has 0 radical (unpaired) electrons. The summed E-state index contributed by atoms with van der Waals surface area (Å²) in [5.74, 6) is 0. The van der Waals surface area contributed by atoms with E-state index in [1.807, 2.05) is 38.1 Å². The Kier molecular flexibility index (Phi) is 4.64. The molecule has 7 heteroatoms. The first kappa shape index (κ1) is 15.5. The van der Waals surface area contributed by atoms with Gasteiger partial charge in [0.2, 0.25) is 0 Å². The number of thioether (sulfide) groups is 1. The predicted molar refractivity (Wildman–Crippen MR) is 83.5 cm³/mol. The maximum absolute atomic E-state index is 11.4. The molecule has 1 heterocycles. The van der Waals surface area contributed by atoms with E-state index in [2.05, 4.69) is 10.1 Å². The molecule has 2 rings (SSSR count). The summed E-state index contributed by atoms with van der Waals surface area (Å²) >= 11 is 1.37. The molecular formula is C14H18N4O2S. The second-order valence-corrected chi connectivity index (χ2v) is 6.06. The van der Waals surface area contributed by atoms with Gasteiger partial charge in [0.05, 0.1) is 5.25 Å². The summed E-state index contributed by atoms with van der Waals surface area (Å²) in [6, 6.07) is 7.82. The van der Waals surface area contributed by atoms with Crippen molar-refractivity contribution in [1.29, 1.82) is 0 Å². The molecule has 6 nitrogen and oxygen atoms in total. The Balaban J connectivity index is 2.43. The average molecular weight is 306 g/mol. The van der Waals surface area contributed by atoms with Gasteiger partial charge in [-0.25, -0.2) is 0 Å². The Bertz CT molecular complexity index is 751. The van der Waals surface area contributed by atoms with Gasteiger partial charge in [-0.2, -0.15) is 4.98 Å². The lowest BCUT2D eigenvalue weighted by atomic mass is 10.0. The topological polar surface area (TPSA) is 93.8 Å². The molecule has 1 aromatic heterocycles. The van der Waals surface area contributed by atoms with Gasteiger partial charge in [0, 0.05) is 13.1 Å². The summed E-state index contributed by atoms with van der Waals surface area (Å²) < 4.78 is 1.45. The molecule has 0 amide bonds. The molecule has 0 spiro atoms. The lowest BCUT2D eigenvalue weighted by molar-refractivity contribution is 0.592. The fourth-order valence-electron chi connectivity index (χ4n) is 2.04. The molecule has 21 heavy (non-hydrogen) atoms. The minimum atomic E-state index is -0.788. The van der Waals surface area contributed by atoms with Gasteiger partial charge >= 0.3 is 11.1 Å². The molecule has 2 unspecified atom stereocenters. The number of nitrogens with zero attached hydrogens (tertiary/aromatic N) is 2. The number of hydrogen-bond acceptors (Lipinski definition) is 5. The van der Waals surface area contributed by atoms with Crippen molar-refractivity contribution >= 4 is 11.8 Å². The van der Waals surface area contributed by atoms with Crippen molar-refractivity contribution in [3.8, 4) is 0 Å². The van der Waals surface area contributed by atoms with Crippen LogP contribution in [0.1, 0.15) is 23.3 Å². The van der Waals surface area contributed by atoms with Crippen molar-refractivity contribution in [2.75, 3.05) is 0 Å². The molecule has 2 atom stereocenters. The quantitative estimate of drug-likeness (QED) is 0.648. The first-order chi connectivity index (χ1) is 9.90. The highest BCUT2D eigenvalue weighted by atomic mass is 32.2. The van der Waals surface area contributed by atoms with Gasteiger partial charge in [-0.15, -0.1) is 0 Å². The van der Waals surface area contributed by atoms with Crippen molar-refractivity contribution in [3.05, 3.63) is 56.1 Å². The fraction of sp³-hybridized carbons (Fsp3) is 0.357. The summed E-state index contributed by atoms with van der Waals surface area (Å²) in [6.45, 7) is 3.93. The smallest absolute Gasteiger partial charge is 0.327 e. The van der Waals surface area contributed by atoms with Crippen LogP contribution in [-0.4, -0.2) is 20.8 Å². The first-order valence-electron chi connectivity index (χ1n) is 6.55. The van der Waals surface area contributed by atoms with Crippen molar-refractivity contribution in [3.63, 3.8) is 0 Å². The monoisotopic (exact) mass is 306 g/mol. The van der Waals surface area contributed by atoms with E-state index >= 15 is 0 Å². The van der Waals surface area contributed by atoms with Crippen molar-refractivity contribution in [1.82, 2.24) is 14.8 Å². The van der Waals surface area contributed by atoms with Crippen molar-refractivity contribution in [2.45, 2.75) is 30.3 Å². The molecule has 0 aliphatic rings. The summed E-state index contributed by atoms with van der Waals surface area (Å²) in [4.78, 5) is 26.5.